The van der Waals surface area contributed by atoms with Crippen molar-refractivity contribution in [2.75, 3.05) is 13.4 Å². The number of carbonyl (C=O) groups excluding carboxylic acids is 1. The molecular formula is C10H10O4. The SMILES string of the molecule is O=C(OCO)c1ccc2c(c1)CCO2. The zero-order valence-corrected chi connectivity index (χ0v) is 7.53. The normalized spacial score (nSPS) is 13.2. The van der Waals surface area contributed by atoms with Crippen LogP contribution in [0.15, 0.2) is 18.2 Å². The fourth-order valence-electron chi connectivity index (χ4n) is 1.46. The molecule has 1 heterocycles. The Morgan fingerprint density at radius 2 is 2.43 bits per heavy atom. The first-order chi connectivity index (χ1) is 6.81. The van der Waals surface area contributed by atoms with E-state index in [1.807, 2.05) is 0 Å². The van der Waals surface area contributed by atoms with Gasteiger partial charge < -0.3 is 14.6 Å². The largest absolute Gasteiger partial charge is 0.493 e. The highest BCUT2D eigenvalue weighted by molar-refractivity contribution is 5.89. The molecule has 0 saturated carbocycles. The quantitative estimate of drug-likeness (QED) is 0.557. The maximum atomic E-state index is 11.2. The van der Waals surface area contributed by atoms with Crippen LogP contribution in [0.5, 0.6) is 5.75 Å². The van der Waals surface area contributed by atoms with E-state index in [0.717, 1.165) is 17.7 Å². The van der Waals surface area contributed by atoms with E-state index in [4.69, 9.17) is 9.84 Å². The summed E-state index contributed by atoms with van der Waals surface area (Å²) < 4.78 is 9.76. The van der Waals surface area contributed by atoms with Crippen LogP contribution in [0.1, 0.15) is 15.9 Å². The minimum Gasteiger partial charge on any atom is -0.493 e. The Bertz CT molecular complexity index is 359. The first-order valence-electron chi connectivity index (χ1n) is 4.35. The summed E-state index contributed by atoms with van der Waals surface area (Å²) in [6, 6.07) is 5.11. The highest BCUT2D eigenvalue weighted by Gasteiger charge is 2.15. The lowest BCUT2D eigenvalue weighted by Gasteiger charge is -2.02. The third-order valence-electron chi connectivity index (χ3n) is 2.12. The van der Waals surface area contributed by atoms with E-state index in [1.54, 1.807) is 18.2 Å². The molecule has 2 rings (SSSR count). The predicted octanol–water partition coefficient (Wildman–Crippen LogP) is 0.728. The molecule has 0 aliphatic carbocycles. The summed E-state index contributed by atoms with van der Waals surface area (Å²) in [4.78, 5) is 11.2. The van der Waals surface area contributed by atoms with Crippen LogP contribution < -0.4 is 4.74 Å². The summed E-state index contributed by atoms with van der Waals surface area (Å²) in [6.45, 7) is 0.0697. The smallest absolute Gasteiger partial charge is 0.340 e. The predicted molar refractivity (Wildman–Crippen MR) is 48.1 cm³/mol. The van der Waals surface area contributed by atoms with Crippen LogP contribution in [0.4, 0.5) is 0 Å². The van der Waals surface area contributed by atoms with E-state index in [0.29, 0.717) is 12.2 Å². The van der Waals surface area contributed by atoms with Gasteiger partial charge in [0.05, 0.1) is 12.2 Å². The molecule has 0 radical (unpaired) electrons. The summed E-state index contributed by atoms with van der Waals surface area (Å²) in [6.07, 6.45) is 0.815. The van der Waals surface area contributed by atoms with E-state index in [9.17, 15) is 4.79 Å². The number of rotatable bonds is 2. The monoisotopic (exact) mass is 194 g/mol. The number of hydrogen-bond acceptors (Lipinski definition) is 4. The molecule has 1 aliphatic rings. The molecule has 0 spiro atoms. The molecule has 1 aromatic carbocycles. The van der Waals surface area contributed by atoms with Gasteiger partial charge in [0.25, 0.3) is 0 Å². The van der Waals surface area contributed by atoms with Crippen molar-refractivity contribution in [1.29, 1.82) is 0 Å². The highest BCUT2D eigenvalue weighted by Crippen LogP contribution is 2.25. The van der Waals surface area contributed by atoms with Crippen molar-refractivity contribution in [3.63, 3.8) is 0 Å². The van der Waals surface area contributed by atoms with Gasteiger partial charge in [-0.25, -0.2) is 4.79 Å². The van der Waals surface area contributed by atoms with Crippen molar-refractivity contribution in [1.82, 2.24) is 0 Å². The molecule has 0 amide bonds. The summed E-state index contributed by atoms with van der Waals surface area (Å²) in [7, 11) is 0. The van der Waals surface area contributed by atoms with E-state index in [-0.39, 0.29) is 0 Å². The van der Waals surface area contributed by atoms with Crippen molar-refractivity contribution in [3.8, 4) is 5.75 Å². The first kappa shape index (κ1) is 9.02. The van der Waals surface area contributed by atoms with Crippen LogP contribution in [-0.2, 0) is 11.2 Å². The Labute approximate surface area is 81.1 Å². The van der Waals surface area contributed by atoms with Crippen LogP contribution in [0.3, 0.4) is 0 Å². The molecule has 0 bridgehead atoms. The molecule has 1 aliphatic heterocycles. The Kier molecular flexibility index (Phi) is 2.37. The Balaban J connectivity index is 2.24. The third-order valence-corrected chi connectivity index (χ3v) is 2.12. The van der Waals surface area contributed by atoms with Gasteiger partial charge in [0.1, 0.15) is 5.75 Å². The average molecular weight is 194 g/mol. The summed E-state index contributed by atoms with van der Waals surface area (Å²) in [5.74, 6) is 0.313. The van der Waals surface area contributed by atoms with Crippen molar-refractivity contribution >= 4 is 5.97 Å². The Morgan fingerprint density at radius 1 is 1.57 bits per heavy atom. The summed E-state index contributed by atoms with van der Waals surface area (Å²) >= 11 is 0. The van der Waals surface area contributed by atoms with Crippen molar-refractivity contribution in [3.05, 3.63) is 29.3 Å². The molecule has 1 N–H and O–H groups in total. The molecule has 74 valence electrons. The zero-order valence-electron chi connectivity index (χ0n) is 7.53. The van der Waals surface area contributed by atoms with E-state index >= 15 is 0 Å². The molecule has 1 aromatic rings. The van der Waals surface area contributed by atoms with Gasteiger partial charge in [-0.05, 0) is 23.8 Å². The summed E-state index contributed by atoms with van der Waals surface area (Å²) in [5.41, 5.74) is 1.46. The van der Waals surface area contributed by atoms with Crippen molar-refractivity contribution < 1.29 is 19.4 Å². The maximum Gasteiger partial charge on any atom is 0.340 e. The van der Waals surface area contributed by atoms with Gasteiger partial charge >= 0.3 is 5.97 Å². The molecule has 0 atom stereocenters. The van der Waals surface area contributed by atoms with Gasteiger partial charge in [0.2, 0.25) is 0 Å². The second kappa shape index (κ2) is 3.67. The standard InChI is InChI=1S/C10H10O4/c11-6-14-10(12)8-1-2-9-7(5-8)3-4-13-9/h1-2,5,11H,3-4,6H2. The molecule has 14 heavy (non-hydrogen) atoms. The van der Waals surface area contributed by atoms with E-state index < -0.39 is 12.8 Å². The number of esters is 1. The van der Waals surface area contributed by atoms with Gasteiger partial charge in [-0.15, -0.1) is 0 Å². The lowest BCUT2D eigenvalue weighted by molar-refractivity contribution is 0.00683. The molecule has 0 aromatic heterocycles. The van der Waals surface area contributed by atoms with Crippen LogP contribution in [0.2, 0.25) is 0 Å². The highest BCUT2D eigenvalue weighted by atomic mass is 16.6. The Hall–Kier alpha value is -1.55. The van der Waals surface area contributed by atoms with Crippen LogP contribution in [0, 0.1) is 0 Å². The Morgan fingerprint density at radius 3 is 3.21 bits per heavy atom. The lowest BCUT2D eigenvalue weighted by atomic mass is 10.1. The molecule has 0 fully saturated rings. The maximum absolute atomic E-state index is 11.2. The van der Waals surface area contributed by atoms with Gasteiger partial charge in [-0.1, -0.05) is 0 Å². The van der Waals surface area contributed by atoms with Gasteiger partial charge in [0.15, 0.2) is 6.79 Å². The topological polar surface area (TPSA) is 55.8 Å². The number of hydrogen-bond donors (Lipinski definition) is 1. The summed E-state index contributed by atoms with van der Waals surface area (Å²) in [5, 5.41) is 8.42. The number of aliphatic hydroxyl groups excluding tert-OH is 1. The number of ether oxygens (including phenoxy) is 2. The molecule has 4 heteroatoms. The number of carbonyl (C=O) groups is 1. The second-order valence-electron chi connectivity index (χ2n) is 2.98. The van der Waals surface area contributed by atoms with E-state index in [2.05, 4.69) is 4.74 Å². The van der Waals surface area contributed by atoms with Gasteiger partial charge in [-0.2, -0.15) is 0 Å². The number of fused-ring (bicyclic) bond motifs is 1. The average Bonchev–Trinajstić information content (AvgIpc) is 2.64. The molecular weight excluding hydrogens is 184 g/mol. The minimum absolute atomic E-state index is 0.448. The van der Waals surface area contributed by atoms with Crippen molar-refractivity contribution in [2.24, 2.45) is 0 Å². The molecule has 0 saturated heterocycles. The number of aliphatic hydroxyl groups is 1. The van der Waals surface area contributed by atoms with Crippen LogP contribution in [-0.4, -0.2) is 24.5 Å². The van der Waals surface area contributed by atoms with Gasteiger partial charge in [-0.3, -0.25) is 0 Å². The van der Waals surface area contributed by atoms with Gasteiger partial charge in [0, 0.05) is 6.42 Å². The van der Waals surface area contributed by atoms with E-state index in [1.165, 1.54) is 0 Å². The zero-order chi connectivity index (χ0) is 9.97. The molecule has 0 unspecified atom stereocenters. The molecule has 4 nitrogen and oxygen atoms in total. The fraction of sp³-hybridized carbons (Fsp3) is 0.300. The second-order valence-corrected chi connectivity index (χ2v) is 2.98. The minimum atomic E-state index is -0.591. The first-order valence-corrected chi connectivity index (χ1v) is 4.35. The fourth-order valence-corrected chi connectivity index (χ4v) is 1.46. The third kappa shape index (κ3) is 1.56. The lowest BCUT2D eigenvalue weighted by Crippen LogP contribution is -2.05. The van der Waals surface area contributed by atoms with Crippen molar-refractivity contribution in [2.45, 2.75) is 6.42 Å². The number of benzene rings is 1. The van der Waals surface area contributed by atoms with Crippen LogP contribution >= 0.6 is 0 Å². The van der Waals surface area contributed by atoms with Crippen LogP contribution in [0.25, 0.3) is 0 Å².